The second-order valence-corrected chi connectivity index (χ2v) is 9.02. The number of phenolic OH excluding ortho intramolecular Hbond substituents is 2. The van der Waals surface area contributed by atoms with Crippen molar-refractivity contribution in [3.05, 3.63) is 77.0 Å². The van der Waals surface area contributed by atoms with Gasteiger partial charge in [0.05, 0.1) is 4.47 Å². The van der Waals surface area contributed by atoms with E-state index >= 15 is 0 Å². The Morgan fingerprint density at radius 3 is 2.04 bits per heavy atom. The summed E-state index contributed by atoms with van der Waals surface area (Å²) in [6, 6.07) is 14.0. The van der Waals surface area contributed by atoms with Crippen LogP contribution in [-0.2, 0) is 0 Å². The van der Waals surface area contributed by atoms with Crippen LogP contribution in [0, 0.1) is 0 Å². The lowest BCUT2D eigenvalue weighted by molar-refractivity contribution is 0.397. The van der Waals surface area contributed by atoms with Crippen LogP contribution in [0.3, 0.4) is 0 Å². The number of phenols is 2. The minimum atomic E-state index is -0.161. The van der Waals surface area contributed by atoms with Gasteiger partial charge in [0.25, 0.3) is 0 Å². The molecule has 2 nitrogen and oxygen atoms in total. The quantitative estimate of drug-likeness (QED) is 0.229. The van der Waals surface area contributed by atoms with Crippen LogP contribution in [0.1, 0.15) is 22.6 Å². The average Bonchev–Trinajstić information content (AvgIpc) is 2.98. The molecule has 126 valence electrons. The molecule has 3 aromatic carbocycles. The zero-order chi connectivity index (χ0) is 17.9. The molecule has 0 saturated carbocycles. The third kappa shape index (κ3) is 2.52. The van der Waals surface area contributed by atoms with Crippen molar-refractivity contribution < 1.29 is 10.2 Å². The van der Waals surface area contributed by atoms with Crippen LogP contribution in [-0.4, -0.2) is 10.2 Å². The highest BCUT2D eigenvalue weighted by atomic mass is 79.9. The first-order valence-corrected chi connectivity index (χ1v) is 10.6. The lowest BCUT2D eigenvalue weighted by atomic mass is 9.89. The van der Waals surface area contributed by atoms with E-state index in [1.54, 1.807) is 0 Å². The number of hydrogen-bond acceptors (Lipinski definition) is 2. The average molecular weight is 590 g/mol. The largest absolute Gasteiger partial charge is 0.504 e. The number of aromatic hydroxyl groups is 2. The van der Waals surface area contributed by atoms with Crippen molar-refractivity contribution in [1.82, 2.24) is 0 Å². The van der Waals surface area contributed by atoms with Gasteiger partial charge in [0.1, 0.15) is 0 Å². The van der Waals surface area contributed by atoms with Crippen molar-refractivity contribution >= 4 is 63.7 Å². The Labute approximate surface area is 178 Å². The van der Waals surface area contributed by atoms with Crippen molar-refractivity contribution in [2.24, 2.45) is 0 Å². The molecule has 3 aromatic rings. The molecule has 1 unspecified atom stereocenters. The minimum Gasteiger partial charge on any atom is -0.504 e. The molecule has 1 aliphatic rings. The van der Waals surface area contributed by atoms with Gasteiger partial charge >= 0.3 is 0 Å². The Balaban J connectivity index is 2.18. The van der Waals surface area contributed by atoms with Gasteiger partial charge in [-0.3, -0.25) is 0 Å². The zero-order valence-electron chi connectivity index (χ0n) is 12.5. The van der Waals surface area contributed by atoms with Crippen molar-refractivity contribution in [2.75, 3.05) is 0 Å². The van der Waals surface area contributed by atoms with Gasteiger partial charge < -0.3 is 10.2 Å². The molecule has 2 N–H and O–H groups in total. The summed E-state index contributed by atoms with van der Waals surface area (Å²) in [5, 5.41) is 21.1. The van der Waals surface area contributed by atoms with Crippen LogP contribution in [0.5, 0.6) is 11.5 Å². The van der Waals surface area contributed by atoms with Gasteiger partial charge in [-0.15, -0.1) is 0 Å². The molecule has 0 fully saturated rings. The molecule has 0 aromatic heterocycles. The van der Waals surface area contributed by atoms with E-state index in [4.69, 9.17) is 0 Å². The molecule has 0 amide bonds. The summed E-state index contributed by atoms with van der Waals surface area (Å²) in [5.41, 5.74) is 4.71. The minimum absolute atomic E-state index is 0.0989. The Morgan fingerprint density at radius 1 is 0.680 bits per heavy atom. The van der Waals surface area contributed by atoms with E-state index in [0.717, 1.165) is 35.7 Å². The van der Waals surface area contributed by atoms with Crippen molar-refractivity contribution in [1.29, 1.82) is 0 Å². The molecule has 1 atom stereocenters. The van der Waals surface area contributed by atoms with Crippen molar-refractivity contribution in [3.63, 3.8) is 0 Å². The summed E-state index contributed by atoms with van der Waals surface area (Å²) < 4.78 is 3.01. The number of rotatable bonds is 1. The second kappa shape index (κ2) is 6.41. The normalized spacial score (nSPS) is 15.1. The standard InChI is InChI=1S/C19H10Br4O2/c20-10-7-6-9-11(8-4-2-1-3-5-8)14-13(12(9)15(10)21)16(22)17(23)19(25)18(14)24/h1-7,11,24-25H. The molecular weight excluding hydrogens is 580 g/mol. The summed E-state index contributed by atoms with van der Waals surface area (Å²) in [7, 11) is 0. The van der Waals surface area contributed by atoms with Gasteiger partial charge in [0.2, 0.25) is 0 Å². The molecule has 0 aliphatic heterocycles. The SMILES string of the molecule is Oc1c(O)c2c(c(Br)c1Br)-c1c(ccc(Br)c1Br)C2c1ccccc1. The Hall–Kier alpha value is -0.820. The van der Waals surface area contributed by atoms with Crippen LogP contribution in [0.4, 0.5) is 0 Å². The van der Waals surface area contributed by atoms with Gasteiger partial charge in [0, 0.05) is 36.0 Å². The van der Waals surface area contributed by atoms with Crippen LogP contribution in [0.15, 0.2) is 60.4 Å². The molecule has 25 heavy (non-hydrogen) atoms. The van der Waals surface area contributed by atoms with Crippen LogP contribution < -0.4 is 0 Å². The highest BCUT2D eigenvalue weighted by Gasteiger charge is 2.38. The zero-order valence-corrected chi connectivity index (χ0v) is 18.9. The molecule has 4 rings (SSSR count). The first-order valence-electron chi connectivity index (χ1n) is 7.39. The molecule has 0 saturated heterocycles. The maximum atomic E-state index is 10.8. The van der Waals surface area contributed by atoms with E-state index in [-0.39, 0.29) is 17.4 Å². The number of fused-ring (bicyclic) bond motifs is 3. The van der Waals surface area contributed by atoms with Crippen molar-refractivity contribution in [2.45, 2.75) is 5.92 Å². The predicted molar refractivity (Wildman–Crippen MR) is 113 cm³/mol. The lowest BCUT2D eigenvalue weighted by Crippen LogP contribution is -2.00. The molecular formula is C19H10Br4O2. The summed E-state index contributed by atoms with van der Waals surface area (Å²) in [4.78, 5) is 0. The molecule has 0 heterocycles. The van der Waals surface area contributed by atoms with Gasteiger partial charge in [0.15, 0.2) is 11.5 Å². The van der Waals surface area contributed by atoms with Crippen molar-refractivity contribution in [3.8, 4) is 22.6 Å². The van der Waals surface area contributed by atoms with Crippen LogP contribution >= 0.6 is 63.7 Å². The fourth-order valence-electron chi connectivity index (χ4n) is 3.41. The summed E-state index contributed by atoms with van der Waals surface area (Å²) in [6.45, 7) is 0. The number of hydrogen-bond donors (Lipinski definition) is 2. The maximum absolute atomic E-state index is 10.8. The fourth-order valence-corrected chi connectivity index (χ4v) is 5.29. The van der Waals surface area contributed by atoms with E-state index in [2.05, 4.69) is 69.8 Å². The number of halogens is 4. The topological polar surface area (TPSA) is 40.5 Å². The van der Waals surface area contributed by atoms with E-state index in [9.17, 15) is 10.2 Å². The number of benzene rings is 3. The first-order chi connectivity index (χ1) is 11.9. The molecule has 0 bridgehead atoms. The highest BCUT2D eigenvalue weighted by Crippen LogP contribution is 2.60. The van der Waals surface area contributed by atoms with Gasteiger partial charge in [-0.2, -0.15) is 0 Å². The Bertz CT molecular complexity index is 1020. The Kier molecular flexibility index (Phi) is 4.51. The second-order valence-electron chi connectivity index (χ2n) is 5.78. The van der Waals surface area contributed by atoms with E-state index < -0.39 is 0 Å². The smallest absolute Gasteiger partial charge is 0.173 e. The molecule has 6 heteroatoms. The summed E-state index contributed by atoms with van der Waals surface area (Å²) in [6.07, 6.45) is 0. The summed E-state index contributed by atoms with van der Waals surface area (Å²) >= 11 is 14.2. The molecule has 0 spiro atoms. The maximum Gasteiger partial charge on any atom is 0.173 e. The fraction of sp³-hybridized carbons (Fsp3) is 0.0526. The van der Waals surface area contributed by atoms with Gasteiger partial charge in [-0.05, 0) is 80.9 Å². The molecule has 1 aliphatic carbocycles. The van der Waals surface area contributed by atoms with Gasteiger partial charge in [-0.1, -0.05) is 36.4 Å². The van der Waals surface area contributed by atoms with E-state index in [1.165, 1.54) is 0 Å². The van der Waals surface area contributed by atoms with E-state index in [0.29, 0.717) is 10.0 Å². The van der Waals surface area contributed by atoms with Crippen LogP contribution in [0.25, 0.3) is 11.1 Å². The lowest BCUT2D eigenvalue weighted by Gasteiger charge is -2.17. The van der Waals surface area contributed by atoms with Crippen LogP contribution in [0.2, 0.25) is 0 Å². The molecule has 0 radical (unpaired) electrons. The summed E-state index contributed by atoms with van der Waals surface area (Å²) in [5.74, 6) is -0.418. The predicted octanol–water partition coefficient (Wildman–Crippen LogP) is 7.31. The monoisotopic (exact) mass is 586 g/mol. The Morgan fingerprint density at radius 2 is 1.36 bits per heavy atom. The van der Waals surface area contributed by atoms with Gasteiger partial charge in [-0.25, -0.2) is 0 Å². The highest BCUT2D eigenvalue weighted by molar-refractivity contribution is 9.13. The first kappa shape index (κ1) is 17.6. The third-order valence-corrected chi connectivity index (χ3v) is 8.59. The van der Waals surface area contributed by atoms with E-state index in [1.807, 2.05) is 36.4 Å². The third-order valence-electron chi connectivity index (χ3n) is 4.48.